The van der Waals surface area contributed by atoms with Crippen molar-refractivity contribution >= 4 is 7.37 Å². The first kappa shape index (κ1) is 18.6. The van der Waals surface area contributed by atoms with Gasteiger partial charge in [0.15, 0.2) is 13.7 Å². The molecule has 1 fully saturated rings. The van der Waals surface area contributed by atoms with E-state index in [1.807, 2.05) is 44.2 Å². The van der Waals surface area contributed by atoms with Crippen LogP contribution in [0.15, 0.2) is 30.3 Å². The first-order valence-electron chi connectivity index (χ1n) is 7.96. The summed E-state index contributed by atoms with van der Waals surface area (Å²) >= 11 is 0. The van der Waals surface area contributed by atoms with Crippen LogP contribution in [0.3, 0.4) is 0 Å². The van der Waals surface area contributed by atoms with Crippen LogP contribution in [0.2, 0.25) is 0 Å². The molecular formula is C17H27O5P. The zero-order chi connectivity index (χ0) is 17.0. The smallest absolute Gasteiger partial charge is 0.197 e. The minimum Gasteiger partial charge on any atom is -0.368 e. The number of aliphatic hydroxyl groups excluding tert-OH is 1. The summed E-state index contributed by atoms with van der Waals surface area (Å²) in [7, 11) is -2.56. The van der Waals surface area contributed by atoms with Crippen molar-refractivity contribution in [1.82, 2.24) is 0 Å². The molecule has 5 nitrogen and oxygen atoms in total. The van der Waals surface area contributed by atoms with E-state index in [0.717, 1.165) is 5.56 Å². The van der Waals surface area contributed by atoms with Gasteiger partial charge in [0.2, 0.25) is 0 Å². The maximum Gasteiger partial charge on any atom is 0.197 e. The number of ether oxygens (including phenoxy) is 2. The molecule has 2 rings (SSSR count). The van der Waals surface area contributed by atoms with Gasteiger partial charge >= 0.3 is 0 Å². The highest BCUT2D eigenvalue weighted by Gasteiger charge is 2.41. The Bertz CT molecular complexity index is 529. The normalized spacial score (nSPS) is 32.0. The second-order valence-electron chi connectivity index (χ2n) is 6.59. The minimum absolute atomic E-state index is 0.101. The molecule has 6 heteroatoms. The number of rotatable bonds is 6. The van der Waals surface area contributed by atoms with E-state index in [4.69, 9.17) is 14.0 Å². The molecule has 1 heterocycles. The van der Waals surface area contributed by atoms with Gasteiger partial charge in [-0.25, -0.2) is 0 Å². The summed E-state index contributed by atoms with van der Waals surface area (Å²) < 4.78 is 28.6. The molecule has 1 aliphatic rings. The summed E-state index contributed by atoms with van der Waals surface area (Å²) in [5.41, 5.74) is 1.06. The second-order valence-corrected chi connectivity index (χ2v) is 9.35. The fraction of sp³-hybridized carbons (Fsp3) is 0.647. The Morgan fingerprint density at radius 1 is 1.17 bits per heavy atom. The summed E-state index contributed by atoms with van der Waals surface area (Å²) in [6, 6.07) is 9.85. The Labute approximate surface area is 138 Å². The Morgan fingerprint density at radius 3 is 2.43 bits per heavy atom. The molecule has 1 aromatic rings. The van der Waals surface area contributed by atoms with Crippen LogP contribution in [-0.2, 0) is 25.2 Å². The molecule has 0 amide bonds. The monoisotopic (exact) mass is 342 g/mol. The van der Waals surface area contributed by atoms with Crippen molar-refractivity contribution in [2.24, 2.45) is 11.8 Å². The van der Waals surface area contributed by atoms with Crippen LogP contribution in [0, 0.1) is 11.8 Å². The lowest BCUT2D eigenvalue weighted by molar-refractivity contribution is -0.268. The zero-order valence-electron chi connectivity index (χ0n) is 14.2. The standard InChI is InChI=1S/C17H27O5P/c1-12-13(2)16(20-10-14-8-6-5-7-9-14)17(18)22-15(12)11-21-23(3,4)19/h5-9,12-13,15-18H,10-11H2,1-4H3/t12-,13-,15?,16?,17?/m0/s1. The lowest BCUT2D eigenvalue weighted by Gasteiger charge is -2.42. The molecule has 1 aromatic carbocycles. The van der Waals surface area contributed by atoms with E-state index in [9.17, 15) is 9.67 Å². The third-order valence-electron chi connectivity index (χ3n) is 4.36. The van der Waals surface area contributed by atoms with Crippen LogP contribution in [-0.4, -0.2) is 43.5 Å². The molecule has 5 atom stereocenters. The highest BCUT2D eigenvalue weighted by molar-refractivity contribution is 7.57. The number of hydrogen-bond acceptors (Lipinski definition) is 5. The van der Waals surface area contributed by atoms with Gasteiger partial charge in [-0.15, -0.1) is 0 Å². The number of hydrogen-bond donors (Lipinski definition) is 1. The summed E-state index contributed by atoms with van der Waals surface area (Å²) in [5.74, 6) is 0.231. The van der Waals surface area contributed by atoms with E-state index < -0.39 is 19.8 Å². The topological polar surface area (TPSA) is 65.0 Å². The highest BCUT2D eigenvalue weighted by atomic mass is 31.2. The summed E-state index contributed by atoms with van der Waals surface area (Å²) in [6.45, 7) is 7.88. The van der Waals surface area contributed by atoms with Crippen LogP contribution < -0.4 is 0 Å². The molecule has 0 aliphatic carbocycles. The summed E-state index contributed by atoms with van der Waals surface area (Å²) in [6.07, 6.45) is -1.69. The molecule has 130 valence electrons. The van der Waals surface area contributed by atoms with Crippen LogP contribution in [0.5, 0.6) is 0 Å². The molecular weight excluding hydrogens is 315 g/mol. The van der Waals surface area contributed by atoms with E-state index in [-0.39, 0.29) is 24.5 Å². The van der Waals surface area contributed by atoms with E-state index >= 15 is 0 Å². The van der Waals surface area contributed by atoms with Crippen molar-refractivity contribution in [3.63, 3.8) is 0 Å². The van der Waals surface area contributed by atoms with Crippen molar-refractivity contribution in [1.29, 1.82) is 0 Å². The van der Waals surface area contributed by atoms with E-state index in [0.29, 0.717) is 6.61 Å². The van der Waals surface area contributed by atoms with Crippen LogP contribution in [0.25, 0.3) is 0 Å². The van der Waals surface area contributed by atoms with E-state index in [1.165, 1.54) is 0 Å². The van der Waals surface area contributed by atoms with Crippen LogP contribution in [0.4, 0.5) is 0 Å². The van der Waals surface area contributed by atoms with Crippen molar-refractivity contribution in [2.75, 3.05) is 19.9 Å². The van der Waals surface area contributed by atoms with Crippen LogP contribution in [0.1, 0.15) is 19.4 Å². The predicted octanol–water partition coefficient (Wildman–Crippen LogP) is 3.12. The lowest BCUT2D eigenvalue weighted by Crippen LogP contribution is -2.51. The molecule has 0 saturated carbocycles. The number of aliphatic hydroxyl groups is 1. The quantitative estimate of drug-likeness (QED) is 0.805. The van der Waals surface area contributed by atoms with Crippen molar-refractivity contribution in [3.05, 3.63) is 35.9 Å². The third kappa shape index (κ3) is 5.40. The molecule has 3 unspecified atom stereocenters. The summed E-state index contributed by atoms with van der Waals surface area (Å²) in [5, 5.41) is 10.3. The van der Waals surface area contributed by atoms with Gasteiger partial charge in [0.1, 0.15) is 6.10 Å². The first-order valence-corrected chi connectivity index (χ1v) is 10.5. The summed E-state index contributed by atoms with van der Waals surface area (Å²) in [4.78, 5) is 0. The van der Waals surface area contributed by atoms with Gasteiger partial charge in [0.05, 0.1) is 19.3 Å². The van der Waals surface area contributed by atoms with Crippen molar-refractivity contribution in [3.8, 4) is 0 Å². The Morgan fingerprint density at radius 2 is 1.83 bits per heavy atom. The number of benzene rings is 1. The first-order chi connectivity index (χ1) is 10.8. The molecule has 1 saturated heterocycles. The SMILES string of the molecule is C[C@@H]1C(COP(C)(C)=O)OC(O)C(OCc2ccccc2)[C@H]1C. The fourth-order valence-corrected chi connectivity index (χ4v) is 3.23. The third-order valence-corrected chi connectivity index (χ3v) is 5.14. The average Bonchev–Trinajstić information content (AvgIpc) is 2.49. The van der Waals surface area contributed by atoms with Gasteiger partial charge < -0.3 is 19.1 Å². The van der Waals surface area contributed by atoms with Gasteiger partial charge in [-0.1, -0.05) is 44.2 Å². The van der Waals surface area contributed by atoms with E-state index in [1.54, 1.807) is 13.3 Å². The molecule has 23 heavy (non-hydrogen) atoms. The van der Waals surface area contributed by atoms with Gasteiger partial charge in [-0.3, -0.25) is 4.57 Å². The maximum atomic E-state index is 11.7. The Balaban J connectivity index is 1.93. The lowest BCUT2D eigenvalue weighted by atomic mass is 9.83. The molecule has 0 radical (unpaired) electrons. The van der Waals surface area contributed by atoms with Gasteiger partial charge in [-0.05, 0) is 17.4 Å². The minimum atomic E-state index is -2.56. The molecule has 1 N–H and O–H groups in total. The highest BCUT2D eigenvalue weighted by Crippen LogP contribution is 2.40. The van der Waals surface area contributed by atoms with E-state index in [2.05, 4.69) is 0 Å². The predicted molar refractivity (Wildman–Crippen MR) is 89.6 cm³/mol. The maximum absolute atomic E-state index is 11.7. The Hall–Kier alpha value is -0.710. The van der Waals surface area contributed by atoms with Gasteiger partial charge in [-0.2, -0.15) is 0 Å². The van der Waals surface area contributed by atoms with Crippen molar-refractivity contribution < 1.29 is 23.7 Å². The van der Waals surface area contributed by atoms with Gasteiger partial charge in [0.25, 0.3) is 0 Å². The largest absolute Gasteiger partial charge is 0.368 e. The Kier molecular flexibility index (Phi) is 6.40. The van der Waals surface area contributed by atoms with Crippen LogP contribution >= 0.6 is 7.37 Å². The molecule has 0 aromatic heterocycles. The molecule has 1 aliphatic heterocycles. The fourth-order valence-electron chi connectivity index (χ4n) is 2.72. The average molecular weight is 342 g/mol. The zero-order valence-corrected chi connectivity index (χ0v) is 15.1. The molecule has 0 spiro atoms. The van der Waals surface area contributed by atoms with Gasteiger partial charge in [0, 0.05) is 13.3 Å². The molecule has 0 bridgehead atoms. The van der Waals surface area contributed by atoms with Crippen molar-refractivity contribution in [2.45, 2.75) is 39.0 Å². The second kappa shape index (κ2) is 7.91.